The number of thiazole rings is 1. The topological polar surface area (TPSA) is 82.0 Å². The Morgan fingerprint density at radius 3 is 2.80 bits per heavy atom. The normalized spacial score (nSPS) is 23.4. The maximum Gasteiger partial charge on any atom is 0.191 e. The van der Waals surface area contributed by atoms with Crippen LogP contribution in [0.15, 0.2) is 10.4 Å². The zero-order valence-corrected chi connectivity index (χ0v) is 21.5. The quantitative estimate of drug-likeness (QED) is 0.249. The predicted molar refractivity (Wildman–Crippen MR) is 134 cm³/mol. The first-order valence-corrected chi connectivity index (χ1v) is 11.8. The van der Waals surface area contributed by atoms with Crippen LogP contribution in [0.5, 0.6) is 0 Å². The first kappa shape index (κ1) is 25.8. The van der Waals surface area contributed by atoms with Crippen LogP contribution in [0.3, 0.4) is 0 Å². The van der Waals surface area contributed by atoms with Gasteiger partial charge in [-0.25, -0.2) is 4.98 Å². The van der Waals surface area contributed by atoms with Gasteiger partial charge in [-0.1, -0.05) is 6.92 Å². The first-order valence-electron chi connectivity index (χ1n) is 10.9. The minimum atomic E-state index is 0. The van der Waals surface area contributed by atoms with E-state index < -0.39 is 0 Å². The lowest BCUT2D eigenvalue weighted by atomic mass is 9.84. The summed E-state index contributed by atoms with van der Waals surface area (Å²) in [6.07, 6.45) is 5.21. The molecule has 172 valence electrons. The number of aliphatic hydroxyl groups excluding tert-OH is 1. The van der Waals surface area contributed by atoms with E-state index in [4.69, 9.17) is 9.72 Å². The summed E-state index contributed by atoms with van der Waals surface area (Å²) in [6, 6.07) is 0. The van der Waals surface area contributed by atoms with Gasteiger partial charge in [0.15, 0.2) is 5.96 Å². The molecule has 0 saturated carbocycles. The van der Waals surface area contributed by atoms with E-state index in [1.165, 1.54) is 23.5 Å². The molecule has 2 saturated heterocycles. The molecule has 3 N–H and O–H groups in total. The Hall–Kier alpha value is -0.490. The van der Waals surface area contributed by atoms with E-state index in [1.54, 1.807) is 11.3 Å². The Labute approximate surface area is 202 Å². The van der Waals surface area contributed by atoms with Crippen molar-refractivity contribution in [3.63, 3.8) is 0 Å². The number of rotatable bonds is 9. The largest absolute Gasteiger partial charge is 0.396 e. The maximum absolute atomic E-state index is 9.38. The fourth-order valence-electron chi connectivity index (χ4n) is 4.21. The van der Waals surface area contributed by atoms with Gasteiger partial charge in [0, 0.05) is 50.7 Å². The molecule has 9 heteroatoms. The average Bonchev–Trinajstić information content (AvgIpc) is 3.39. The molecule has 0 amide bonds. The van der Waals surface area contributed by atoms with Crippen molar-refractivity contribution in [2.75, 3.05) is 53.0 Å². The third-order valence-corrected chi connectivity index (χ3v) is 7.28. The van der Waals surface area contributed by atoms with Crippen LogP contribution in [0.1, 0.15) is 43.3 Å². The lowest BCUT2D eigenvalue weighted by molar-refractivity contribution is 0.127. The summed E-state index contributed by atoms with van der Waals surface area (Å²) in [5, 5.41) is 19.8. The van der Waals surface area contributed by atoms with Crippen molar-refractivity contribution in [1.29, 1.82) is 0 Å². The molecule has 1 atom stereocenters. The molecule has 30 heavy (non-hydrogen) atoms. The molecule has 1 unspecified atom stereocenters. The molecule has 2 fully saturated rings. The number of guanidine groups is 1. The number of aryl methyl sites for hydroxylation is 1. The highest BCUT2D eigenvalue weighted by Gasteiger charge is 2.34. The number of hydrogen-bond acceptors (Lipinski definition) is 6. The van der Waals surface area contributed by atoms with Crippen molar-refractivity contribution in [2.24, 2.45) is 16.3 Å². The molecule has 7 nitrogen and oxygen atoms in total. The molecule has 1 aromatic heterocycles. The van der Waals surface area contributed by atoms with Crippen LogP contribution in [0.2, 0.25) is 0 Å². The number of piperidine rings is 1. The van der Waals surface area contributed by atoms with Crippen LogP contribution in [0, 0.1) is 11.3 Å². The number of likely N-dealkylation sites (tertiary alicyclic amines) is 1. The van der Waals surface area contributed by atoms with Crippen LogP contribution < -0.4 is 10.6 Å². The number of nitrogens with one attached hydrogen (secondary N) is 2. The molecule has 1 aromatic rings. The minimum Gasteiger partial charge on any atom is -0.396 e. The molecule has 2 aliphatic heterocycles. The summed E-state index contributed by atoms with van der Waals surface area (Å²) < 4.78 is 5.57. The van der Waals surface area contributed by atoms with E-state index in [9.17, 15) is 5.11 Å². The van der Waals surface area contributed by atoms with Crippen LogP contribution in [0.25, 0.3) is 0 Å². The van der Waals surface area contributed by atoms with Gasteiger partial charge in [0.25, 0.3) is 0 Å². The molecule has 0 radical (unpaired) electrons. The van der Waals surface area contributed by atoms with Gasteiger partial charge in [0.2, 0.25) is 0 Å². The van der Waals surface area contributed by atoms with Gasteiger partial charge in [0.05, 0.1) is 17.3 Å². The van der Waals surface area contributed by atoms with Gasteiger partial charge in [-0.2, -0.15) is 0 Å². The van der Waals surface area contributed by atoms with Gasteiger partial charge >= 0.3 is 0 Å². The van der Waals surface area contributed by atoms with Gasteiger partial charge in [-0.15, -0.1) is 35.3 Å². The zero-order valence-electron chi connectivity index (χ0n) is 18.4. The summed E-state index contributed by atoms with van der Waals surface area (Å²) in [5.41, 5.74) is 1.26. The van der Waals surface area contributed by atoms with Crippen molar-refractivity contribution in [3.05, 3.63) is 16.1 Å². The average molecular weight is 552 g/mol. The highest BCUT2D eigenvalue weighted by Crippen LogP contribution is 2.31. The highest BCUT2D eigenvalue weighted by molar-refractivity contribution is 14.0. The first-order chi connectivity index (χ1) is 14.2. The third-order valence-electron chi connectivity index (χ3n) is 6.23. The number of halogens is 1. The molecule has 0 aliphatic carbocycles. The van der Waals surface area contributed by atoms with Crippen molar-refractivity contribution in [3.8, 4) is 0 Å². The standard InChI is InChI=1S/C21H37N5O2S.HI/c1-3-19-25-18(14-29-19)13-26-8-4-17(5-9-26)12-23-20(22-2)24-15-21(6-10-27)7-11-28-16-21;/h14,17,27H,3-13,15-16H2,1-2H3,(H2,22,23,24);1H. The van der Waals surface area contributed by atoms with Gasteiger partial charge < -0.3 is 20.5 Å². The van der Waals surface area contributed by atoms with E-state index in [2.05, 4.69) is 32.8 Å². The van der Waals surface area contributed by atoms with Crippen molar-refractivity contribution < 1.29 is 9.84 Å². The smallest absolute Gasteiger partial charge is 0.191 e. The van der Waals surface area contributed by atoms with Crippen LogP contribution >= 0.6 is 35.3 Å². The number of aliphatic hydroxyl groups is 1. The summed E-state index contributed by atoms with van der Waals surface area (Å²) in [6.45, 7) is 8.86. The fourth-order valence-corrected chi connectivity index (χ4v) is 4.94. The lowest BCUT2D eigenvalue weighted by Gasteiger charge is -2.32. The van der Waals surface area contributed by atoms with Gasteiger partial charge in [-0.05, 0) is 51.1 Å². The van der Waals surface area contributed by atoms with Crippen molar-refractivity contribution >= 4 is 41.3 Å². The zero-order chi connectivity index (χ0) is 20.5. The lowest BCUT2D eigenvalue weighted by Crippen LogP contribution is -2.46. The Kier molecular flexibility index (Phi) is 11.3. The molecular formula is C21H38IN5O2S. The Morgan fingerprint density at radius 2 is 2.20 bits per heavy atom. The fraction of sp³-hybridized carbons (Fsp3) is 0.810. The number of aromatic nitrogens is 1. The summed E-state index contributed by atoms with van der Waals surface area (Å²) in [5.74, 6) is 1.53. The van der Waals surface area contributed by atoms with Crippen molar-refractivity contribution in [2.45, 2.75) is 45.6 Å². The monoisotopic (exact) mass is 551 g/mol. The maximum atomic E-state index is 9.38. The Balaban J connectivity index is 0.00000320. The molecule has 2 aliphatic rings. The number of nitrogens with zero attached hydrogens (tertiary/aromatic N) is 3. The molecule has 3 heterocycles. The van der Waals surface area contributed by atoms with Gasteiger partial charge in [-0.3, -0.25) is 9.89 Å². The van der Waals surface area contributed by atoms with E-state index >= 15 is 0 Å². The second-order valence-corrected chi connectivity index (χ2v) is 9.33. The second kappa shape index (κ2) is 13.1. The summed E-state index contributed by atoms with van der Waals surface area (Å²) in [4.78, 5) is 11.6. The summed E-state index contributed by atoms with van der Waals surface area (Å²) >= 11 is 1.78. The highest BCUT2D eigenvalue weighted by atomic mass is 127. The van der Waals surface area contributed by atoms with E-state index in [0.717, 1.165) is 71.2 Å². The summed E-state index contributed by atoms with van der Waals surface area (Å²) in [7, 11) is 1.82. The molecule has 0 spiro atoms. The third kappa shape index (κ3) is 7.58. The Bertz CT molecular complexity index is 643. The number of ether oxygens (including phenoxy) is 1. The molecular weight excluding hydrogens is 513 g/mol. The molecule has 0 aromatic carbocycles. The SMILES string of the molecule is CCc1nc(CN2CCC(CNC(=NC)NCC3(CCO)CCOC3)CC2)cs1.I. The molecule has 3 rings (SSSR count). The van der Waals surface area contributed by atoms with Crippen molar-refractivity contribution in [1.82, 2.24) is 20.5 Å². The number of hydrogen-bond donors (Lipinski definition) is 3. The van der Waals surface area contributed by atoms with E-state index in [1.807, 2.05) is 7.05 Å². The number of aliphatic imine (C=N–C) groups is 1. The molecule has 0 bridgehead atoms. The van der Waals surface area contributed by atoms with Gasteiger partial charge in [0.1, 0.15) is 0 Å². The predicted octanol–water partition coefficient (Wildman–Crippen LogP) is 2.49. The van der Waals surface area contributed by atoms with Crippen LogP contribution in [-0.4, -0.2) is 74.0 Å². The van der Waals surface area contributed by atoms with Crippen LogP contribution in [0.4, 0.5) is 0 Å². The minimum absolute atomic E-state index is 0. The van der Waals surface area contributed by atoms with Crippen LogP contribution in [-0.2, 0) is 17.7 Å². The Morgan fingerprint density at radius 1 is 1.40 bits per heavy atom. The van der Waals surface area contributed by atoms with E-state index in [0.29, 0.717) is 5.92 Å². The second-order valence-electron chi connectivity index (χ2n) is 8.39. The van der Waals surface area contributed by atoms with E-state index in [-0.39, 0.29) is 36.0 Å².